The molecule has 0 unspecified atom stereocenters. The number of nitrogen functional groups attached to an aromatic ring is 1. The fraction of sp³-hybridized carbons (Fsp3) is 0.417. The fourth-order valence-corrected chi connectivity index (χ4v) is 2.24. The maximum absolute atomic E-state index is 10.4. The van der Waals surface area contributed by atoms with Crippen LogP contribution in [0.5, 0.6) is 5.75 Å². The first kappa shape index (κ1) is 13.7. The number of rotatable bonds is 7. The van der Waals surface area contributed by atoms with Crippen molar-refractivity contribution in [1.82, 2.24) is 0 Å². The Bertz CT molecular complexity index is 382. The number of carboxylic acid groups (broad SMARTS) is 1. The van der Waals surface area contributed by atoms with Crippen LogP contribution in [-0.2, 0) is 4.79 Å². The van der Waals surface area contributed by atoms with Crippen molar-refractivity contribution in [1.29, 1.82) is 0 Å². The molecule has 0 aliphatic rings. The molecule has 94 valence electrons. The molecule has 4 nitrogen and oxygen atoms in total. The van der Waals surface area contributed by atoms with Gasteiger partial charge in [-0.25, -0.2) is 0 Å². The largest absolute Gasteiger partial charge is 0.494 e. The van der Waals surface area contributed by atoms with E-state index in [4.69, 9.17) is 15.6 Å². The van der Waals surface area contributed by atoms with Crippen molar-refractivity contribution in [3.8, 4) is 5.75 Å². The molecule has 0 radical (unpaired) electrons. The third-order valence-corrected chi connectivity index (χ3v) is 3.25. The number of carbonyl (C=O) groups is 1. The topological polar surface area (TPSA) is 72.5 Å². The molecule has 0 atom stereocenters. The lowest BCUT2D eigenvalue weighted by atomic mass is 10.3. The fourth-order valence-electron chi connectivity index (χ4n) is 1.30. The zero-order valence-electron chi connectivity index (χ0n) is 9.81. The first-order valence-electron chi connectivity index (χ1n) is 5.50. The number of hydrogen-bond acceptors (Lipinski definition) is 4. The molecule has 1 aromatic carbocycles. The van der Waals surface area contributed by atoms with Gasteiger partial charge in [-0.3, -0.25) is 4.79 Å². The van der Waals surface area contributed by atoms with Gasteiger partial charge in [0.25, 0.3) is 0 Å². The summed E-state index contributed by atoms with van der Waals surface area (Å²) in [4.78, 5) is 11.3. The molecule has 0 amide bonds. The Labute approximate surface area is 105 Å². The molecule has 0 spiro atoms. The molecule has 0 aliphatic carbocycles. The molecule has 0 saturated heterocycles. The van der Waals surface area contributed by atoms with E-state index in [1.165, 1.54) is 0 Å². The number of hydrogen-bond donors (Lipinski definition) is 2. The van der Waals surface area contributed by atoms with Crippen molar-refractivity contribution >= 4 is 23.4 Å². The van der Waals surface area contributed by atoms with E-state index in [0.717, 1.165) is 16.4 Å². The molecule has 0 saturated carbocycles. The molecule has 5 heteroatoms. The van der Waals surface area contributed by atoms with Gasteiger partial charge in [0.2, 0.25) is 0 Å². The first-order chi connectivity index (χ1) is 8.13. The van der Waals surface area contributed by atoms with E-state index in [1.807, 2.05) is 25.1 Å². The second kappa shape index (κ2) is 7.06. The Morgan fingerprint density at radius 3 is 2.94 bits per heavy atom. The van der Waals surface area contributed by atoms with Crippen molar-refractivity contribution < 1.29 is 14.6 Å². The first-order valence-corrected chi connectivity index (χ1v) is 6.49. The monoisotopic (exact) mass is 255 g/mol. The number of anilines is 1. The summed E-state index contributed by atoms with van der Waals surface area (Å²) < 4.78 is 5.38. The van der Waals surface area contributed by atoms with Crippen LogP contribution in [0.1, 0.15) is 19.8 Å². The molecule has 3 N–H and O–H groups in total. The Morgan fingerprint density at radius 2 is 2.29 bits per heavy atom. The summed E-state index contributed by atoms with van der Waals surface area (Å²) in [6.45, 7) is 2.54. The minimum absolute atomic E-state index is 0.193. The predicted molar refractivity (Wildman–Crippen MR) is 69.6 cm³/mol. The van der Waals surface area contributed by atoms with Crippen LogP contribution in [0.15, 0.2) is 23.1 Å². The maximum atomic E-state index is 10.4. The molecule has 0 heterocycles. The molecular weight excluding hydrogens is 238 g/mol. The normalized spacial score (nSPS) is 10.2. The molecule has 1 rings (SSSR count). The van der Waals surface area contributed by atoms with E-state index >= 15 is 0 Å². The number of benzene rings is 1. The average Bonchev–Trinajstić information content (AvgIpc) is 2.28. The lowest BCUT2D eigenvalue weighted by molar-refractivity contribution is -0.137. The smallest absolute Gasteiger partial charge is 0.303 e. The number of thioether (sulfide) groups is 1. The van der Waals surface area contributed by atoms with E-state index in [9.17, 15) is 4.79 Å². The highest BCUT2D eigenvalue weighted by Crippen LogP contribution is 2.29. The van der Waals surface area contributed by atoms with E-state index in [2.05, 4.69) is 0 Å². The van der Waals surface area contributed by atoms with Crippen molar-refractivity contribution in [3.05, 3.63) is 18.2 Å². The van der Waals surface area contributed by atoms with Gasteiger partial charge >= 0.3 is 5.97 Å². The molecule has 0 fully saturated rings. The Balaban J connectivity index is 2.51. The van der Waals surface area contributed by atoms with Crippen LogP contribution in [0, 0.1) is 0 Å². The van der Waals surface area contributed by atoms with E-state index in [-0.39, 0.29) is 6.42 Å². The van der Waals surface area contributed by atoms with Gasteiger partial charge in [-0.2, -0.15) is 0 Å². The van der Waals surface area contributed by atoms with Gasteiger partial charge in [-0.15, -0.1) is 11.8 Å². The van der Waals surface area contributed by atoms with Crippen molar-refractivity contribution in [2.45, 2.75) is 24.7 Å². The van der Waals surface area contributed by atoms with Gasteiger partial charge in [0.1, 0.15) is 5.75 Å². The summed E-state index contributed by atoms with van der Waals surface area (Å²) in [5.74, 6) is 0.774. The summed E-state index contributed by atoms with van der Waals surface area (Å²) >= 11 is 1.56. The zero-order valence-corrected chi connectivity index (χ0v) is 10.6. The summed E-state index contributed by atoms with van der Waals surface area (Å²) in [5.41, 5.74) is 6.54. The molecule has 1 aromatic rings. The Kier molecular flexibility index (Phi) is 5.69. The van der Waals surface area contributed by atoms with Crippen molar-refractivity contribution in [3.63, 3.8) is 0 Å². The second-order valence-corrected chi connectivity index (χ2v) is 4.62. The number of nitrogens with two attached hydrogens (primary N) is 1. The highest BCUT2D eigenvalue weighted by molar-refractivity contribution is 7.99. The SMILES string of the molecule is CCOc1ccc(N)c(SCCCC(=O)O)c1. The summed E-state index contributed by atoms with van der Waals surface area (Å²) in [6, 6.07) is 5.54. The number of ether oxygens (including phenoxy) is 1. The van der Waals surface area contributed by atoms with Gasteiger partial charge in [0.15, 0.2) is 0 Å². The van der Waals surface area contributed by atoms with Crippen molar-refractivity contribution in [2.75, 3.05) is 18.1 Å². The third kappa shape index (κ3) is 4.99. The van der Waals surface area contributed by atoms with Crippen LogP contribution in [-0.4, -0.2) is 23.4 Å². The molecule has 0 aliphatic heterocycles. The van der Waals surface area contributed by atoms with Crippen LogP contribution >= 0.6 is 11.8 Å². The summed E-state index contributed by atoms with van der Waals surface area (Å²) in [5, 5.41) is 8.53. The Morgan fingerprint density at radius 1 is 1.53 bits per heavy atom. The number of carboxylic acids is 1. The highest BCUT2D eigenvalue weighted by Gasteiger charge is 2.03. The van der Waals surface area contributed by atoms with Gasteiger partial charge in [-0.1, -0.05) is 0 Å². The molecule has 0 bridgehead atoms. The minimum Gasteiger partial charge on any atom is -0.494 e. The summed E-state index contributed by atoms with van der Waals surface area (Å²) in [7, 11) is 0. The number of aliphatic carboxylic acids is 1. The van der Waals surface area contributed by atoms with Gasteiger partial charge in [0.05, 0.1) is 6.61 Å². The second-order valence-electron chi connectivity index (χ2n) is 3.48. The third-order valence-electron chi connectivity index (χ3n) is 2.09. The van der Waals surface area contributed by atoms with E-state index in [1.54, 1.807) is 11.8 Å². The van der Waals surface area contributed by atoms with Gasteiger partial charge in [0, 0.05) is 17.0 Å². The van der Waals surface area contributed by atoms with Crippen LogP contribution < -0.4 is 10.5 Å². The maximum Gasteiger partial charge on any atom is 0.303 e. The van der Waals surface area contributed by atoms with E-state index in [0.29, 0.717) is 18.7 Å². The van der Waals surface area contributed by atoms with Crippen LogP contribution in [0.2, 0.25) is 0 Å². The van der Waals surface area contributed by atoms with Crippen LogP contribution in [0.3, 0.4) is 0 Å². The molecular formula is C12H17NO3S. The average molecular weight is 255 g/mol. The highest BCUT2D eigenvalue weighted by atomic mass is 32.2. The lowest BCUT2D eigenvalue weighted by Gasteiger charge is -2.08. The standard InChI is InChI=1S/C12H17NO3S/c1-2-16-9-5-6-10(13)11(8-9)17-7-3-4-12(14)15/h5-6,8H,2-4,7,13H2,1H3,(H,14,15). The minimum atomic E-state index is -0.762. The summed E-state index contributed by atoms with van der Waals surface area (Å²) in [6.07, 6.45) is 0.830. The van der Waals surface area contributed by atoms with Crippen molar-refractivity contribution in [2.24, 2.45) is 0 Å². The van der Waals surface area contributed by atoms with Gasteiger partial charge in [-0.05, 0) is 37.3 Å². The Hall–Kier alpha value is -1.36. The lowest BCUT2D eigenvalue weighted by Crippen LogP contribution is -1.96. The zero-order chi connectivity index (χ0) is 12.7. The predicted octanol–water partition coefficient (Wildman–Crippen LogP) is 2.62. The van der Waals surface area contributed by atoms with Crippen LogP contribution in [0.4, 0.5) is 5.69 Å². The van der Waals surface area contributed by atoms with Crippen LogP contribution in [0.25, 0.3) is 0 Å². The molecule has 17 heavy (non-hydrogen) atoms. The quantitative estimate of drug-likeness (QED) is 0.445. The van der Waals surface area contributed by atoms with E-state index < -0.39 is 5.97 Å². The molecule has 0 aromatic heterocycles. The van der Waals surface area contributed by atoms with Gasteiger partial charge < -0.3 is 15.6 Å².